The van der Waals surface area contributed by atoms with Crippen LogP contribution in [-0.4, -0.2) is 22.6 Å². The second-order valence-corrected chi connectivity index (χ2v) is 7.06. The Hall–Kier alpha value is -3.59. The third-order valence-corrected chi connectivity index (χ3v) is 4.75. The van der Waals surface area contributed by atoms with E-state index in [4.69, 9.17) is 10.00 Å². The summed E-state index contributed by atoms with van der Waals surface area (Å²) in [7, 11) is 1.40. The third kappa shape index (κ3) is 3.89. The summed E-state index contributed by atoms with van der Waals surface area (Å²) in [5.74, 6) is -0.286. The summed E-state index contributed by atoms with van der Waals surface area (Å²) in [4.78, 5) is 16.5. The Labute approximate surface area is 164 Å². The van der Waals surface area contributed by atoms with Crippen molar-refractivity contribution in [2.75, 3.05) is 12.4 Å². The van der Waals surface area contributed by atoms with E-state index in [1.165, 1.54) is 7.11 Å². The van der Waals surface area contributed by atoms with Crippen LogP contribution in [0.5, 0.6) is 0 Å². The van der Waals surface area contributed by atoms with E-state index in [0.29, 0.717) is 5.56 Å². The van der Waals surface area contributed by atoms with Crippen LogP contribution in [0.3, 0.4) is 0 Å². The number of aromatic nitrogens is 2. The molecule has 0 aliphatic rings. The third-order valence-electron chi connectivity index (χ3n) is 4.75. The first-order valence-corrected chi connectivity index (χ1v) is 8.88. The van der Waals surface area contributed by atoms with Gasteiger partial charge in [-0.25, -0.2) is 4.98 Å². The summed E-state index contributed by atoms with van der Waals surface area (Å²) >= 11 is 0. The molecule has 0 amide bonds. The molecule has 2 aromatic carbocycles. The van der Waals surface area contributed by atoms with Crippen molar-refractivity contribution in [3.05, 3.63) is 78.4 Å². The number of nitrogens with zero attached hydrogens (tertiary/aromatic N) is 3. The van der Waals surface area contributed by atoms with Crippen LogP contribution in [0.25, 0.3) is 0 Å². The van der Waals surface area contributed by atoms with Gasteiger partial charge in [-0.1, -0.05) is 12.1 Å². The van der Waals surface area contributed by atoms with Gasteiger partial charge in [0, 0.05) is 23.8 Å². The molecule has 0 aliphatic heterocycles. The fraction of sp³-hybridized carbons (Fsp3) is 0.227. The zero-order valence-electron chi connectivity index (χ0n) is 16.1. The van der Waals surface area contributed by atoms with Gasteiger partial charge >= 0.3 is 5.97 Å². The van der Waals surface area contributed by atoms with Gasteiger partial charge in [0.1, 0.15) is 0 Å². The first-order chi connectivity index (χ1) is 13.5. The molecule has 6 nitrogen and oxygen atoms in total. The average Bonchev–Trinajstić information content (AvgIpc) is 3.23. The number of imidazole rings is 1. The van der Waals surface area contributed by atoms with E-state index in [2.05, 4.69) is 16.4 Å². The Kier molecular flexibility index (Phi) is 5.46. The molecular formula is C22H22N4O2. The second kappa shape index (κ2) is 7.97. The van der Waals surface area contributed by atoms with E-state index in [-0.39, 0.29) is 12.0 Å². The van der Waals surface area contributed by atoms with Gasteiger partial charge < -0.3 is 14.6 Å². The highest BCUT2D eigenvalue weighted by Crippen LogP contribution is 2.38. The molecule has 1 N–H and O–H groups in total. The Balaban J connectivity index is 1.88. The summed E-state index contributed by atoms with van der Waals surface area (Å²) in [6, 6.07) is 17.0. The average molecular weight is 374 g/mol. The molecule has 0 spiro atoms. The predicted molar refractivity (Wildman–Crippen MR) is 107 cm³/mol. The number of nitrogens with one attached hydrogen (secondary N) is 1. The zero-order chi connectivity index (χ0) is 20.1. The van der Waals surface area contributed by atoms with Crippen molar-refractivity contribution in [1.82, 2.24) is 9.55 Å². The lowest BCUT2D eigenvalue weighted by Gasteiger charge is -2.33. The van der Waals surface area contributed by atoms with Gasteiger partial charge in [-0.05, 0) is 55.8 Å². The molecule has 0 saturated heterocycles. The zero-order valence-corrected chi connectivity index (χ0v) is 16.1. The van der Waals surface area contributed by atoms with E-state index in [1.54, 1.807) is 24.7 Å². The Morgan fingerprint density at radius 3 is 2.25 bits per heavy atom. The highest BCUT2D eigenvalue weighted by Gasteiger charge is 2.40. The quantitative estimate of drug-likeness (QED) is 0.651. The molecule has 0 bridgehead atoms. The van der Waals surface area contributed by atoms with Crippen LogP contribution < -0.4 is 5.32 Å². The maximum Gasteiger partial charge on any atom is 0.313 e. The molecule has 0 aliphatic carbocycles. The lowest BCUT2D eigenvalue weighted by molar-refractivity contribution is -0.152. The van der Waals surface area contributed by atoms with Crippen LogP contribution in [0.1, 0.15) is 31.0 Å². The molecule has 0 saturated carbocycles. The highest BCUT2D eigenvalue weighted by atomic mass is 16.5. The molecule has 3 rings (SSSR count). The van der Waals surface area contributed by atoms with E-state index in [1.807, 2.05) is 61.0 Å². The van der Waals surface area contributed by atoms with Crippen molar-refractivity contribution in [3.63, 3.8) is 0 Å². The molecular weight excluding hydrogens is 352 g/mol. The van der Waals surface area contributed by atoms with E-state index in [0.717, 1.165) is 16.9 Å². The van der Waals surface area contributed by atoms with Gasteiger partial charge in [0.2, 0.25) is 0 Å². The van der Waals surface area contributed by atoms with Crippen molar-refractivity contribution in [2.24, 2.45) is 5.41 Å². The number of methoxy groups -OCH3 is 1. The van der Waals surface area contributed by atoms with Gasteiger partial charge in [0.25, 0.3) is 0 Å². The lowest BCUT2D eigenvalue weighted by atomic mass is 9.80. The number of carbonyl (C=O) groups is 1. The maximum absolute atomic E-state index is 12.4. The minimum atomic E-state index is -0.780. The first-order valence-electron chi connectivity index (χ1n) is 8.88. The summed E-state index contributed by atoms with van der Waals surface area (Å²) in [6.45, 7) is 3.73. The maximum atomic E-state index is 12.4. The molecule has 6 heteroatoms. The van der Waals surface area contributed by atoms with Gasteiger partial charge in [-0.2, -0.15) is 5.26 Å². The van der Waals surface area contributed by atoms with E-state index >= 15 is 0 Å². The number of esters is 1. The Morgan fingerprint density at radius 1 is 1.14 bits per heavy atom. The SMILES string of the molecule is COC(=O)C(C)(C)C(c1ccc(Nc2ccc(C#N)cc2)cc1)n1ccnc1. The number of rotatable bonds is 6. The van der Waals surface area contributed by atoms with Crippen LogP contribution in [0, 0.1) is 16.7 Å². The molecule has 1 heterocycles. The molecule has 142 valence electrons. The van der Waals surface area contributed by atoms with Crippen LogP contribution in [0.2, 0.25) is 0 Å². The second-order valence-electron chi connectivity index (χ2n) is 7.06. The normalized spacial score (nSPS) is 12.1. The van der Waals surface area contributed by atoms with Gasteiger partial charge in [0.15, 0.2) is 0 Å². The summed E-state index contributed by atoms with van der Waals surface area (Å²) in [5.41, 5.74) is 2.62. The molecule has 28 heavy (non-hydrogen) atoms. The van der Waals surface area contributed by atoms with Crippen molar-refractivity contribution in [3.8, 4) is 6.07 Å². The van der Waals surface area contributed by atoms with Crippen molar-refractivity contribution in [2.45, 2.75) is 19.9 Å². The number of anilines is 2. The Morgan fingerprint density at radius 2 is 1.75 bits per heavy atom. The van der Waals surface area contributed by atoms with Crippen molar-refractivity contribution >= 4 is 17.3 Å². The smallest absolute Gasteiger partial charge is 0.313 e. The largest absolute Gasteiger partial charge is 0.469 e. The van der Waals surface area contributed by atoms with Gasteiger partial charge in [0.05, 0.1) is 36.5 Å². The van der Waals surface area contributed by atoms with Crippen LogP contribution in [0.15, 0.2) is 67.3 Å². The van der Waals surface area contributed by atoms with Crippen LogP contribution >= 0.6 is 0 Å². The standard InChI is InChI=1S/C22H22N4O2/c1-22(2,21(27)28-3)20(26-13-12-24-15-26)17-6-10-19(11-7-17)25-18-8-4-16(14-23)5-9-18/h4-13,15,20,25H,1-3H3. The van der Waals surface area contributed by atoms with Gasteiger partial charge in [-0.15, -0.1) is 0 Å². The minimum Gasteiger partial charge on any atom is -0.469 e. The fourth-order valence-electron chi connectivity index (χ4n) is 3.30. The molecule has 0 radical (unpaired) electrons. The number of hydrogen-bond acceptors (Lipinski definition) is 5. The molecule has 3 aromatic rings. The first kappa shape index (κ1) is 19.2. The molecule has 1 atom stereocenters. The lowest BCUT2D eigenvalue weighted by Crippen LogP contribution is -2.36. The summed E-state index contributed by atoms with van der Waals surface area (Å²) < 4.78 is 6.95. The van der Waals surface area contributed by atoms with E-state index < -0.39 is 5.41 Å². The van der Waals surface area contributed by atoms with Crippen LogP contribution in [0.4, 0.5) is 11.4 Å². The highest BCUT2D eigenvalue weighted by molar-refractivity contribution is 5.77. The monoisotopic (exact) mass is 374 g/mol. The van der Waals surface area contributed by atoms with Gasteiger partial charge in [-0.3, -0.25) is 4.79 Å². The number of ether oxygens (including phenoxy) is 1. The number of benzene rings is 2. The Bertz CT molecular complexity index is 969. The predicted octanol–water partition coefficient (Wildman–Crippen LogP) is 4.29. The van der Waals surface area contributed by atoms with Crippen molar-refractivity contribution < 1.29 is 9.53 Å². The number of hydrogen-bond donors (Lipinski definition) is 1. The topological polar surface area (TPSA) is 79.9 Å². The van der Waals surface area contributed by atoms with Crippen LogP contribution in [-0.2, 0) is 9.53 Å². The molecule has 1 unspecified atom stereocenters. The summed E-state index contributed by atoms with van der Waals surface area (Å²) in [6.07, 6.45) is 5.25. The summed E-state index contributed by atoms with van der Waals surface area (Å²) in [5, 5.41) is 12.2. The molecule has 1 aromatic heterocycles. The minimum absolute atomic E-state index is 0.258. The van der Waals surface area contributed by atoms with Crippen molar-refractivity contribution in [1.29, 1.82) is 5.26 Å². The number of nitriles is 1. The fourth-order valence-corrected chi connectivity index (χ4v) is 3.30. The number of carbonyl (C=O) groups excluding carboxylic acids is 1. The molecule has 0 fully saturated rings. The van der Waals surface area contributed by atoms with E-state index in [9.17, 15) is 4.79 Å².